The lowest BCUT2D eigenvalue weighted by atomic mass is 9.96. The Morgan fingerprint density at radius 2 is 1.94 bits per heavy atom. The summed E-state index contributed by atoms with van der Waals surface area (Å²) in [6.45, 7) is 2.10. The molecule has 0 aliphatic carbocycles. The number of aromatic nitrogens is 4. The molecule has 4 heterocycles. The van der Waals surface area contributed by atoms with Gasteiger partial charge in [-0.15, -0.1) is 15.3 Å². The largest absolute Gasteiger partial charge is 0.497 e. The van der Waals surface area contributed by atoms with Crippen LogP contribution in [0.5, 0.6) is 5.75 Å². The number of piperidine rings is 1. The van der Waals surface area contributed by atoms with Crippen molar-refractivity contribution >= 4 is 28.7 Å². The maximum atomic E-state index is 12.7. The van der Waals surface area contributed by atoms with Gasteiger partial charge >= 0.3 is 0 Å². The zero-order chi connectivity index (χ0) is 21.9. The predicted molar refractivity (Wildman–Crippen MR) is 124 cm³/mol. The molecule has 0 unspecified atom stereocenters. The van der Waals surface area contributed by atoms with Gasteiger partial charge in [-0.05, 0) is 54.1 Å². The number of hydrogen-bond acceptors (Lipinski definition) is 7. The maximum Gasteiger partial charge on any atom is 0.223 e. The Bertz CT molecular complexity index is 1200. The van der Waals surface area contributed by atoms with Crippen molar-refractivity contribution in [1.29, 1.82) is 0 Å². The molecule has 0 bridgehead atoms. The molecule has 1 aliphatic rings. The molecule has 0 radical (unpaired) electrons. The lowest BCUT2D eigenvalue weighted by Crippen LogP contribution is -2.40. The van der Waals surface area contributed by atoms with Gasteiger partial charge in [0, 0.05) is 36.5 Å². The van der Waals surface area contributed by atoms with Crippen LogP contribution in [0.15, 0.2) is 53.2 Å². The second-order valence-electron chi connectivity index (χ2n) is 7.82. The molecule has 32 heavy (non-hydrogen) atoms. The fourth-order valence-corrected chi connectivity index (χ4v) is 4.60. The van der Waals surface area contributed by atoms with Crippen LogP contribution < -0.4 is 15.0 Å². The quantitative estimate of drug-likeness (QED) is 0.487. The number of anilines is 1. The molecular weight excluding hydrogens is 424 g/mol. The van der Waals surface area contributed by atoms with Crippen molar-refractivity contribution in [3.63, 3.8) is 0 Å². The van der Waals surface area contributed by atoms with Crippen molar-refractivity contribution in [2.24, 2.45) is 5.92 Å². The second kappa shape index (κ2) is 8.96. The van der Waals surface area contributed by atoms with Gasteiger partial charge < -0.3 is 15.0 Å². The van der Waals surface area contributed by atoms with Crippen molar-refractivity contribution in [3.05, 3.63) is 58.8 Å². The summed E-state index contributed by atoms with van der Waals surface area (Å²) >= 11 is 1.62. The van der Waals surface area contributed by atoms with Gasteiger partial charge in [-0.2, -0.15) is 15.9 Å². The predicted octanol–water partition coefficient (Wildman–Crippen LogP) is 3.39. The van der Waals surface area contributed by atoms with Crippen molar-refractivity contribution in [3.8, 4) is 17.1 Å². The number of thiophene rings is 1. The first-order valence-electron chi connectivity index (χ1n) is 10.6. The molecule has 3 aromatic heterocycles. The number of nitrogens with one attached hydrogen (secondary N) is 1. The third-order valence-corrected chi connectivity index (χ3v) is 6.53. The normalized spacial score (nSPS) is 14.6. The molecule has 4 aromatic rings. The van der Waals surface area contributed by atoms with Gasteiger partial charge in [0.05, 0.1) is 7.11 Å². The minimum atomic E-state index is 0.0181. The summed E-state index contributed by atoms with van der Waals surface area (Å²) in [5.41, 5.74) is 2.80. The molecular formula is C23H24N6O2S. The first-order valence-corrected chi connectivity index (χ1v) is 11.6. The topological polar surface area (TPSA) is 84.6 Å². The number of carbonyl (C=O) groups excluding carboxylic acids is 1. The van der Waals surface area contributed by atoms with Gasteiger partial charge in [0.15, 0.2) is 11.5 Å². The van der Waals surface area contributed by atoms with Gasteiger partial charge in [0.25, 0.3) is 0 Å². The second-order valence-corrected chi connectivity index (χ2v) is 8.60. The van der Waals surface area contributed by atoms with Crippen molar-refractivity contribution < 1.29 is 9.53 Å². The molecule has 1 amide bonds. The summed E-state index contributed by atoms with van der Waals surface area (Å²) in [5.74, 6) is 2.57. The lowest BCUT2D eigenvalue weighted by Gasteiger charge is -2.32. The Balaban J connectivity index is 1.20. The van der Waals surface area contributed by atoms with Crippen LogP contribution in [0.1, 0.15) is 18.4 Å². The summed E-state index contributed by atoms with van der Waals surface area (Å²) < 4.78 is 6.97. The fraction of sp³-hybridized carbons (Fsp3) is 0.304. The number of fused-ring (bicyclic) bond motifs is 1. The highest BCUT2D eigenvalue weighted by Crippen LogP contribution is 2.25. The fourth-order valence-electron chi connectivity index (χ4n) is 3.97. The number of hydrogen-bond donors (Lipinski definition) is 1. The standard InChI is InChI=1S/C23H24N6O2S/c1-31-19-4-2-16(3-5-19)14-24-23(30)17-8-11-28(12-9-17)21-7-6-20-25-26-22(29(20)27-21)18-10-13-32-15-18/h2-7,10,13,15,17H,8-9,11-12,14H2,1H3,(H,24,30). The van der Waals surface area contributed by atoms with Crippen LogP contribution in [0.25, 0.3) is 17.0 Å². The van der Waals surface area contributed by atoms with E-state index in [1.807, 2.05) is 53.2 Å². The van der Waals surface area contributed by atoms with E-state index in [4.69, 9.17) is 9.84 Å². The Labute approximate surface area is 189 Å². The number of rotatable bonds is 6. The molecule has 1 fully saturated rings. The van der Waals surface area contributed by atoms with E-state index in [0.717, 1.165) is 60.1 Å². The molecule has 1 saturated heterocycles. The number of ether oxygens (including phenoxy) is 1. The third kappa shape index (κ3) is 4.16. The van der Waals surface area contributed by atoms with E-state index in [9.17, 15) is 4.79 Å². The lowest BCUT2D eigenvalue weighted by molar-refractivity contribution is -0.125. The summed E-state index contributed by atoms with van der Waals surface area (Å²) in [7, 11) is 1.64. The van der Waals surface area contributed by atoms with Crippen molar-refractivity contribution in [2.45, 2.75) is 19.4 Å². The molecule has 1 N–H and O–H groups in total. The van der Waals surface area contributed by atoms with Crippen LogP contribution >= 0.6 is 11.3 Å². The smallest absolute Gasteiger partial charge is 0.223 e. The molecule has 164 valence electrons. The third-order valence-electron chi connectivity index (χ3n) is 5.84. The van der Waals surface area contributed by atoms with E-state index in [1.165, 1.54) is 0 Å². The number of methoxy groups -OCH3 is 1. The number of nitrogens with zero attached hydrogens (tertiary/aromatic N) is 5. The highest BCUT2D eigenvalue weighted by Gasteiger charge is 2.26. The molecule has 8 nitrogen and oxygen atoms in total. The molecule has 1 aromatic carbocycles. The Morgan fingerprint density at radius 1 is 1.12 bits per heavy atom. The van der Waals surface area contributed by atoms with E-state index in [0.29, 0.717) is 6.54 Å². The highest BCUT2D eigenvalue weighted by molar-refractivity contribution is 7.08. The van der Waals surface area contributed by atoms with E-state index >= 15 is 0 Å². The van der Waals surface area contributed by atoms with Crippen LogP contribution in [0.3, 0.4) is 0 Å². The molecule has 0 saturated carbocycles. The van der Waals surface area contributed by atoms with Gasteiger partial charge in [-0.1, -0.05) is 12.1 Å². The van der Waals surface area contributed by atoms with E-state index in [1.54, 1.807) is 23.0 Å². The molecule has 9 heteroatoms. The molecule has 0 spiro atoms. The van der Waals surface area contributed by atoms with Crippen LogP contribution in [-0.4, -0.2) is 45.9 Å². The molecule has 0 atom stereocenters. The number of carbonyl (C=O) groups is 1. The zero-order valence-corrected chi connectivity index (χ0v) is 18.6. The van der Waals surface area contributed by atoms with Gasteiger partial charge in [-0.3, -0.25) is 4.79 Å². The monoisotopic (exact) mass is 448 g/mol. The maximum absolute atomic E-state index is 12.7. The first-order chi connectivity index (χ1) is 15.7. The van der Waals surface area contributed by atoms with E-state index in [-0.39, 0.29) is 11.8 Å². The SMILES string of the molecule is COc1ccc(CNC(=O)C2CCN(c3ccc4nnc(-c5ccsc5)n4n3)CC2)cc1. The summed E-state index contributed by atoms with van der Waals surface area (Å²) in [6, 6.07) is 13.7. The van der Waals surface area contributed by atoms with E-state index < -0.39 is 0 Å². The first kappa shape index (κ1) is 20.4. The molecule has 1 aliphatic heterocycles. The Kier molecular flexibility index (Phi) is 5.72. The van der Waals surface area contributed by atoms with Gasteiger partial charge in [0.1, 0.15) is 11.6 Å². The average molecular weight is 449 g/mol. The van der Waals surface area contributed by atoms with Crippen molar-refractivity contribution in [2.75, 3.05) is 25.1 Å². The summed E-state index contributed by atoms with van der Waals surface area (Å²) in [4.78, 5) is 14.9. The Hall–Kier alpha value is -3.46. The number of amides is 1. The average Bonchev–Trinajstić information content (AvgIpc) is 3.52. The van der Waals surface area contributed by atoms with Gasteiger partial charge in [0.2, 0.25) is 5.91 Å². The molecule has 5 rings (SSSR count). The minimum absolute atomic E-state index is 0.0181. The summed E-state index contributed by atoms with van der Waals surface area (Å²) in [5, 5.41) is 20.4. The Morgan fingerprint density at radius 3 is 2.66 bits per heavy atom. The van der Waals surface area contributed by atoms with E-state index in [2.05, 4.69) is 20.4 Å². The zero-order valence-electron chi connectivity index (χ0n) is 17.8. The number of benzene rings is 1. The van der Waals surface area contributed by atoms with Crippen LogP contribution in [0.2, 0.25) is 0 Å². The van der Waals surface area contributed by atoms with Crippen LogP contribution in [0, 0.1) is 5.92 Å². The minimum Gasteiger partial charge on any atom is -0.497 e. The van der Waals surface area contributed by atoms with Crippen molar-refractivity contribution in [1.82, 2.24) is 25.1 Å². The highest BCUT2D eigenvalue weighted by atomic mass is 32.1. The van der Waals surface area contributed by atoms with Crippen LogP contribution in [-0.2, 0) is 11.3 Å². The van der Waals surface area contributed by atoms with Gasteiger partial charge in [-0.25, -0.2) is 0 Å². The summed E-state index contributed by atoms with van der Waals surface area (Å²) in [6.07, 6.45) is 1.60. The van der Waals surface area contributed by atoms with Crippen LogP contribution in [0.4, 0.5) is 5.82 Å².